The van der Waals surface area contributed by atoms with Crippen molar-refractivity contribution in [2.75, 3.05) is 32.8 Å². The molecule has 1 aromatic heterocycles. The van der Waals surface area contributed by atoms with E-state index in [9.17, 15) is 62.6 Å². The van der Waals surface area contributed by atoms with Crippen molar-refractivity contribution in [3.05, 3.63) is 113 Å². The number of aliphatic hydroxyl groups is 1. The number of nitrogens with one attached hydrogen (secondary N) is 15. The van der Waals surface area contributed by atoms with Crippen LogP contribution < -0.4 is 108 Å². The molecule has 40 nitrogen and oxygen atoms in total. The standard InChI is InChI=1S/C90H130N20O20S2/c1-49-22-19-26-60-58(48-98-71(49)60)45-65-78(121)100-61(28-21-40-97-86(95)129)76(119)108-74(89(10,11)132-131-88(8,9)73(99-53(5)114)83(126)105-66(46-69(93)116)79(122)107-72(51(3)112)82(125)103-65)84(127)104-63(43-54-31-34-59(35-32-54)130-41-38-92)77(120)101-64(44-55-30-33-56-24-13-14-25-57(56)42-55)81(124)110-90(12,36-16-17-37-91)85(128)106-62(27-15-18-39-96-52(4)113)75(118)102-67(47-70(94)117)80(123)109-87(6,7)68(115)29-20-23-50(2)111/h13-14,19,22,24-26,30-35,42,48,51,61-67,72-74,98,112H,15-18,20-21,23,27-29,36-41,43-47,91-92H2,1-12H3,(H2,93,116)(H2,94,117)(H,96,113)(H,99,114)(H,100,121)(H,101,120)(H,102,118)(H,103,125)(H,104,127)(H,105,126)(H,106,128)(H,107,122)(H,108,119)(H,109,123)(H,110,124)(H3,95,97,129)/t51-,61+,62+,63+,64+,65+,66+,67+,72+,73-,74-,90+/m1/s1. The van der Waals surface area contributed by atoms with Gasteiger partial charge in [0, 0.05) is 92.2 Å². The third-order valence-electron chi connectivity index (χ3n) is 22.1. The average Bonchev–Trinajstić information content (AvgIpc) is 1.34. The number of fused-ring (bicyclic) bond motifs is 2. The number of carbonyl (C=O) groups excluding carboxylic acids is 18. The topological polar surface area (TPSA) is 651 Å². The maximum absolute atomic E-state index is 16.3. The van der Waals surface area contributed by atoms with E-state index in [0.29, 0.717) is 38.7 Å². The quantitative estimate of drug-likeness (QED) is 0.0179. The number of aromatic amines is 1. The molecule has 5 aromatic rings. The zero-order valence-electron chi connectivity index (χ0n) is 76.8. The molecule has 722 valence electrons. The molecule has 4 aromatic carbocycles. The number of rotatable bonds is 45. The second-order valence-electron chi connectivity index (χ2n) is 34.9. The van der Waals surface area contributed by atoms with Gasteiger partial charge in [-0.1, -0.05) is 94.4 Å². The summed E-state index contributed by atoms with van der Waals surface area (Å²) in [6.45, 7) is 17.2. The Balaban J connectivity index is 1.53. The number of hydrogen-bond donors (Lipinski definition) is 21. The van der Waals surface area contributed by atoms with Crippen molar-refractivity contribution >= 4 is 149 Å². The van der Waals surface area contributed by atoms with Crippen LogP contribution in [0.15, 0.2) is 91.1 Å². The molecule has 1 aliphatic rings. The van der Waals surface area contributed by atoms with E-state index in [1.807, 2.05) is 31.2 Å². The van der Waals surface area contributed by atoms with E-state index in [1.165, 1.54) is 62.3 Å². The molecule has 0 bridgehead atoms. The normalized spacial score (nSPS) is 19.0. The first-order valence-electron chi connectivity index (χ1n) is 43.8. The molecule has 1 saturated heterocycles. The van der Waals surface area contributed by atoms with Crippen LogP contribution in [0.4, 0.5) is 4.79 Å². The molecule has 6 rings (SSSR count). The molecule has 0 radical (unpaired) electrons. The molecule has 42 heteroatoms. The Bertz CT molecular complexity index is 4970. The molecule has 17 amide bonds. The van der Waals surface area contributed by atoms with Crippen LogP contribution in [0.2, 0.25) is 0 Å². The minimum absolute atomic E-state index is 0.0920. The Labute approximate surface area is 774 Å². The Kier molecular flexibility index (Phi) is 41.9. The number of aromatic nitrogens is 1. The number of nitrogens with two attached hydrogens (primary N) is 5. The van der Waals surface area contributed by atoms with Gasteiger partial charge < -0.3 is 123 Å². The van der Waals surface area contributed by atoms with Gasteiger partial charge >= 0.3 is 6.03 Å². The highest BCUT2D eigenvalue weighted by Crippen LogP contribution is 2.47. The number of unbranched alkanes of at least 4 members (excludes halogenated alkanes) is 2. The van der Waals surface area contributed by atoms with E-state index in [1.54, 1.807) is 66.9 Å². The van der Waals surface area contributed by atoms with Crippen LogP contribution in [0.5, 0.6) is 5.75 Å². The van der Waals surface area contributed by atoms with Crippen LogP contribution >= 0.6 is 21.6 Å². The minimum atomic E-state index is -2.04. The summed E-state index contributed by atoms with van der Waals surface area (Å²) in [5, 5.41) is 50.5. The molecule has 1 fully saturated rings. The summed E-state index contributed by atoms with van der Waals surface area (Å²) >= 11 is 0. The molecular formula is C90H130N20O20S2. The molecule has 0 unspecified atom stereocenters. The van der Waals surface area contributed by atoms with E-state index in [0.717, 1.165) is 46.4 Å². The molecule has 0 aliphatic carbocycles. The fourth-order valence-electron chi connectivity index (χ4n) is 14.7. The maximum Gasteiger partial charge on any atom is 0.312 e. The molecule has 12 atom stereocenters. The number of aliphatic hydroxyl groups excluding tert-OH is 1. The molecule has 26 N–H and O–H groups in total. The second kappa shape index (κ2) is 50.9. The summed E-state index contributed by atoms with van der Waals surface area (Å²) in [6, 6.07) is 5.61. The predicted octanol–water partition coefficient (Wildman–Crippen LogP) is -0.0714. The van der Waals surface area contributed by atoms with E-state index >= 15 is 28.8 Å². The number of para-hydroxylation sites is 1. The van der Waals surface area contributed by atoms with Crippen LogP contribution in [0.1, 0.15) is 182 Å². The number of ketones is 2. The summed E-state index contributed by atoms with van der Waals surface area (Å²) in [4.78, 5) is 260. The van der Waals surface area contributed by atoms with Crippen molar-refractivity contribution in [3.8, 4) is 5.75 Å². The molecule has 0 spiro atoms. The summed E-state index contributed by atoms with van der Waals surface area (Å²) in [7, 11) is 1.77. The van der Waals surface area contributed by atoms with Crippen molar-refractivity contribution in [2.24, 2.45) is 28.7 Å². The number of carbonyl (C=O) groups is 18. The van der Waals surface area contributed by atoms with Crippen molar-refractivity contribution in [1.29, 1.82) is 0 Å². The van der Waals surface area contributed by atoms with E-state index < -0.39 is 201 Å². The lowest BCUT2D eigenvalue weighted by atomic mass is 9.91. The number of primary amides is 3. The number of aryl methyl sites for hydroxylation is 1. The maximum atomic E-state index is 16.3. The molecular weight excluding hydrogens is 1750 g/mol. The fourth-order valence-corrected chi connectivity index (χ4v) is 17.5. The van der Waals surface area contributed by atoms with Gasteiger partial charge in [-0.3, -0.25) is 76.7 Å². The summed E-state index contributed by atoms with van der Waals surface area (Å²) in [5.41, 5.74) is 27.7. The average molecular weight is 1880 g/mol. The Morgan fingerprint density at radius 1 is 0.568 bits per heavy atom. The third-order valence-corrected chi connectivity index (χ3v) is 26.4. The number of H-pyrrole nitrogens is 1. The van der Waals surface area contributed by atoms with E-state index in [-0.39, 0.29) is 128 Å². The highest BCUT2D eigenvalue weighted by molar-refractivity contribution is 8.77. The first-order chi connectivity index (χ1) is 62.1. The van der Waals surface area contributed by atoms with Crippen LogP contribution in [-0.4, -0.2) is 236 Å². The summed E-state index contributed by atoms with van der Waals surface area (Å²) in [5.74, 6) is -15.3. The zero-order valence-corrected chi connectivity index (χ0v) is 78.4. The van der Waals surface area contributed by atoms with Gasteiger partial charge in [-0.25, -0.2) is 4.79 Å². The lowest BCUT2D eigenvalue weighted by Gasteiger charge is -2.39. The largest absolute Gasteiger partial charge is 0.492 e. The first-order valence-corrected chi connectivity index (χ1v) is 45.9. The zero-order chi connectivity index (χ0) is 98.1. The van der Waals surface area contributed by atoms with Gasteiger partial charge in [0.2, 0.25) is 88.6 Å². The summed E-state index contributed by atoms with van der Waals surface area (Å²) in [6.07, 6.45) is -2.75. The number of amides is 17. The van der Waals surface area contributed by atoms with Crippen LogP contribution in [-0.2, 0) is 101 Å². The van der Waals surface area contributed by atoms with Crippen LogP contribution in [0.25, 0.3) is 21.7 Å². The third kappa shape index (κ3) is 34.1. The number of benzene rings is 4. The Hall–Kier alpha value is -12.3. The van der Waals surface area contributed by atoms with Crippen molar-refractivity contribution in [1.82, 2.24) is 79.4 Å². The van der Waals surface area contributed by atoms with Crippen molar-refractivity contribution in [3.63, 3.8) is 0 Å². The van der Waals surface area contributed by atoms with Crippen LogP contribution in [0.3, 0.4) is 0 Å². The van der Waals surface area contributed by atoms with E-state index in [2.05, 4.69) is 79.4 Å². The SMILES string of the molecule is CC(=O)CCCC(=O)C(C)(C)NC(=O)[C@H](CC(N)=O)NC(=O)[C@H](CCCCNC(C)=O)NC(=O)[C@](C)(CCCCN)NC(=O)[C@H](Cc1ccc2ccccc2c1)NC(=O)[C@H](Cc1ccc(OCCN)cc1)NC(=O)[C@H]1NC(=O)[C@H](CCCNC(N)=O)NC(=O)[C@H](Cc2c[nH]c3c(C)cccc23)NC(=O)[C@H]([C@@H](C)O)NC(=O)[C@H](CC(N)=O)NC(=O)[C@@H](NC(C)=O)C(C)(C)SSC1(C)C. The highest BCUT2D eigenvalue weighted by Gasteiger charge is 2.48. The lowest BCUT2D eigenvalue weighted by molar-refractivity contribution is -0.139. The molecule has 2 heterocycles. The smallest absolute Gasteiger partial charge is 0.312 e. The van der Waals surface area contributed by atoms with Gasteiger partial charge in [-0.15, -0.1) is 0 Å². The molecule has 132 heavy (non-hydrogen) atoms. The van der Waals surface area contributed by atoms with Gasteiger partial charge in [-0.2, -0.15) is 0 Å². The number of urea groups is 1. The van der Waals surface area contributed by atoms with Gasteiger partial charge in [-0.05, 0) is 179 Å². The number of hydrogen-bond acceptors (Lipinski definition) is 24. The van der Waals surface area contributed by atoms with Gasteiger partial charge in [0.1, 0.15) is 84.1 Å². The molecule has 0 saturated carbocycles. The number of Topliss-reactive ketones (excluding diaryl/α,β-unsaturated/α-hetero) is 2. The predicted molar refractivity (Wildman–Crippen MR) is 497 cm³/mol. The first kappa shape index (κ1) is 108. The fraction of sp³-hybridized carbons (Fsp3) is 0.533. The Morgan fingerprint density at radius 2 is 1.17 bits per heavy atom. The van der Waals surface area contributed by atoms with E-state index in [4.69, 9.17) is 33.4 Å². The second-order valence-corrected chi connectivity index (χ2v) is 38.3. The lowest BCUT2D eigenvalue weighted by Crippen LogP contribution is -2.65. The summed E-state index contributed by atoms with van der Waals surface area (Å²) < 4.78 is 2.52. The highest BCUT2D eigenvalue weighted by atomic mass is 33.1. The monoisotopic (exact) mass is 1870 g/mol. The van der Waals surface area contributed by atoms with Gasteiger partial charge in [0.05, 0.1) is 24.5 Å². The number of ether oxygens (including phenoxy) is 1. The van der Waals surface area contributed by atoms with Gasteiger partial charge in [0.25, 0.3) is 0 Å². The Morgan fingerprint density at radius 3 is 1.81 bits per heavy atom. The van der Waals surface area contributed by atoms with Crippen LogP contribution in [0, 0.1) is 6.92 Å². The van der Waals surface area contributed by atoms with Crippen molar-refractivity contribution < 1.29 is 96.1 Å². The molecule has 1 aliphatic heterocycles. The minimum Gasteiger partial charge on any atom is -0.492 e. The van der Waals surface area contributed by atoms with Gasteiger partial charge in [0.15, 0.2) is 5.78 Å². The van der Waals surface area contributed by atoms with Crippen molar-refractivity contribution in [2.45, 2.75) is 273 Å².